The van der Waals surface area contributed by atoms with Gasteiger partial charge in [0, 0.05) is 36.5 Å². The summed E-state index contributed by atoms with van der Waals surface area (Å²) in [5.74, 6) is -1.52. The minimum absolute atomic E-state index is 0.284. The second kappa shape index (κ2) is 15.7. The minimum atomic E-state index is -0.713. The highest BCUT2D eigenvalue weighted by molar-refractivity contribution is 9.26. The predicted octanol–water partition coefficient (Wildman–Crippen LogP) is 4.22. The number of hydrogen-bond acceptors (Lipinski definition) is 10. The fourth-order valence-corrected chi connectivity index (χ4v) is 8.53. The highest BCUT2D eigenvalue weighted by Crippen LogP contribution is 2.49. The number of methoxy groups -OCH3 is 2. The van der Waals surface area contributed by atoms with Crippen LogP contribution < -0.4 is 10.6 Å². The Morgan fingerprint density at radius 3 is 1.28 bits per heavy atom. The molecular formula is C24H28N2O6S4. The van der Waals surface area contributed by atoms with Gasteiger partial charge in [-0.15, -0.1) is 0 Å². The van der Waals surface area contributed by atoms with Crippen LogP contribution in [-0.4, -0.2) is 50.1 Å². The quantitative estimate of drug-likeness (QED) is 0.207. The van der Waals surface area contributed by atoms with Gasteiger partial charge < -0.3 is 20.1 Å². The normalized spacial score (nSPS) is 12.2. The maximum atomic E-state index is 11.9. The van der Waals surface area contributed by atoms with E-state index in [0.717, 1.165) is 20.9 Å². The first kappa shape index (κ1) is 29.9. The van der Waals surface area contributed by atoms with E-state index in [1.165, 1.54) is 28.1 Å². The van der Waals surface area contributed by atoms with Crippen molar-refractivity contribution in [1.82, 2.24) is 10.6 Å². The lowest BCUT2D eigenvalue weighted by Crippen LogP contribution is -2.41. The Morgan fingerprint density at radius 2 is 1.00 bits per heavy atom. The summed E-state index contributed by atoms with van der Waals surface area (Å²) in [6.07, 6.45) is 0.715. The highest BCUT2D eigenvalue weighted by Gasteiger charge is 2.21. The van der Waals surface area contributed by atoms with E-state index in [2.05, 4.69) is 10.6 Å². The number of nitrogens with one attached hydrogen (secondary N) is 2. The molecule has 0 aliphatic carbocycles. The van der Waals surface area contributed by atoms with Gasteiger partial charge in [-0.05, 0) is 76.6 Å². The Hall–Kier alpha value is -2.28. The average molecular weight is 569 g/mol. The molecule has 8 nitrogen and oxygen atoms in total. The summed E-state index contributed by atoms with van der Waals surface area (Å²) in [5.41, 5.74) is 1.84. The van der Waals surface area contributed by atoms with Crippen molar-refractivity contribution in [3.8, 4) is 0 Å². The molecule has 0 aromatic heterocycles. The van der Waals surface area contributed by atoms with Gasteiger partial charge in [0.15, 0.2) is 0 Å². The molecule has 2 amide bonds. The third-order valence-electron chi connectivity index (χ3n) is 4.74. The number of rotatable bonds is 13. The SMILES string of the molecule is COC(=O)C(Cc1ccc(SSSSc2ccc(CC(NC(C)=O)C(=O)OC)cc2)cc1)NC(C)=O. The monoisotopic (exact) mass is 568 g/mol. The van der Waals surface area contributed by atoms with Gasteiger partial charge in [0.05, 0.1) is 14.2 Å². The van der Waals surface area contributed by atoms with Crippen LogP contribution in [0.25, 0.3) is 0 Å². The van der Waals surface area contributed by atoms with E-state index in [1.54, 1.807) is 41.2 Å². The van der Waals surface area contributed by atoms with Gasteiger partial charge in [-0.2, -0.15) is 0 Å². The lowest BCUT2D eigenvalue weighted by Gasteiger charge is -2.15. The van der Waals surface area contributed by atoms with E-state index in [9.17, 15) is 19.2 Å². The summed E-state index contributed by atoms with van der Waals surface area (Å²) >= 11 is 0. The van der Waals surface area contributed by atoms with Gasteiger partial charge in [-0.25, -0.2) is 9.59 Å². The summed E-state index contributed by atoms with van der Waals surface area (Å²) in [6, 6.07) is 14.2. The molecule has 2 aromatic rings. The summed E-state index contributed by atoms with van der Waals surface area (Å²) < 4.78 is 9.52. The Balaban J connectivity index is 1.80. The molecule has 2 aromatic carbocycles. The van der Waals surface area contributed by atoms with Crippen LogP contribution in [0.15, 0.2) is 58.3 Å². The Bertz CT molecular complexity index is 950. The summed E-state index contributed by atoms with van der Waals surface area (Å²) in [7, 11) is 9.08. The number of ether oxygens (including phenoxy) is 2. The van der Waals surface area contributed by atoms with Gasteiger partial charge in [0.25, 0.3) is 0 Å². The Labute approximate surface area is 226 Å². The van der Waals surface area contributed by atoms with Crippen molar-refractivity contribution in [1.29, 1.82) is 0 Å². The largest absolute Gasteiger partial charge is 0.467 e. The van der Waals surface area contributed by atoms with Crippen molar-refractivity contribution >= 4 is 65.0 Å². The van der Waals surface area contributed by atoms with Crippen molar-refractivity contribution < 1.29 is 28.7 Å². The molecule has 0 aliphatic heterocycles. The zero-order chi connectivity index (χ0) is 26.5. The van der Waals surface area contributed by atoms with Crippen molar-refractivity contribution in [3.63, 3.8) is 0 Å². The van der Waals surface area contributed by atoms with Crippen LogP contribution >= 0.6 is 41.2 Å². The van der Waals surface area contributed by atoms with Crippen LogP contribution in [-0.2, 0) is 41.5 Å². The van der Waals surface area contributed by atoms with Crippen LogP contribution in [0, 0.1) is 0 Å². The second-order valence-corrected chi connectivity index (χ2v) is 13.4. The van der Waals surface area contributed by atoms with Gasteiger partial charge in [0.2, 0.25) is 11.8 Å². The first-order valence-electron chi connectivity index (χ1n) is 10.8. The molecule has 0 heterocycles. The Kier molecular flexibility index (Phi) is 13.1. The van der Waals surface area contributed by atoms with Gasteiger partial charge >= 0.3 is 11.9 Å². The molecule has 194 valence electrons. The molecule has 0 saturated carbocycles. The molecule has 0 bridgehead atoms. The number of esters is 2. The van der Waals surface area contributed by atoms with Crippen LogP contribution in [0.3, 0.4) is 0 Å². The second-order valence-electron chi connectivity index (χ2n) is 7.55. The number of amides is 2. The van der Waals surface area contributed by atoms with Crippen molar-refractivity contribution in [3.05, 3.63) is 59.7 Å². The molecule has 0 aliphatic rings. The van der Waals surface area contributed by atoms with Crippen LogP contribution in [0.4, 0.5) is 0 Å². The molecule has 2 rings (SSSR count). The fourth-order valence-electron chi connectivity index (χ4n) is 3.10. The number of benzene rings is 2. The van der Waals surface area contributed by atoms with Crippen molar-refractivity contribution in [2.75, 3.05) is 14.2 Å². The molecule has 0 spiro atoms. The number of hydrogen-bond donors (Lipinski definition) is 2. The summed E-state index contributed by atoms with van der Waals surface area (Å²) in [6.45, 7) is 2.73. The predicted molar refractivity (Wildman–Crippen MR) is 146 cm³/mol. The van der Waals surface area contributed by atoms with E-state index in [0.29, 0.717) is 12.8 Å². The first-order valence-corrected chi connectivity index (χ1v) is 15.6. The molecule has 0 radical (unpaired) electrons. The number of carbonyl (C=O) groups excluding carboxylic acids is 4. The molecule has 12 heteroatoms. The third-order valence-corrected chi connectivity index (χ3v) is 10.8. The van der Waals surface area contributed by atoms with E-state index in [4.69, 9.17) is 9.47 Å². The molecule has 36 heavy (non-hydrogen) atoms. The fraction of sp³-hybridized carbons (Fsp3) is 0.333. The van der Waals surface area contributed by atoms with Gasteiger partial charge in [0.1, 0.15) is 12.1 Å². The van der Waals surface area contributed by atoms with E-state index >= 15 is 0 Å². The zero-order valence-corrected chi connectivity index (χ0v) is 23.5. The van der Waals surface area contributed by atoms with Crippen molar-refractivity contribution in [2.45, 2.75) is 48.6 Å². The molecule has 0 saturated heterocycles. The summed E-state index contributed by atoms with van der Waals surface area (Å²) in [4.78, 5) is 48.5. The topological polar surface area (TPSA) is 111 Å². The third kappa shape index (κ3) is 10.8. The van der Waals surface area contributed by atoms with Crippen LogP contribution in [0.5, 0.6) is 0 Å². The van der Waals surface area contributed by atoms with Crippen molar-refractivity contribution in [2.24, 2.45) is 0 Å². The van der Waals surface area contributed by atoms with E-state index in [1.807, 2.05) is 48.5 Å². The lowest BCUT2D eigenvalue weighted by atomic mass is 10.1. The average Bonchev–Trinajstić information content (AvgIpc) is 2.86. The summed E-state index contributed by atoms with van der Waals surface area (Å²) in [5, 5.41) is 5.23. The molecule has 2 unspecified atom stereocenters. The van der Waals surface area contributed by atoms with Gasteiger partial charge in [-0.1, -0.05) is 24.3 Å². The highest BCUT2D eigenvalue weighted by atomic mass is 33.7. The smallest absolute Gasteiger partial charge is 0.328 e. The Morgan fingerprint density at radius 1 is 0.667 bits per heavy atom. The maximum absolute atomic E-state index is 11.9. The van der Waals surface area contributed by atoms with Crippen LogP contribution in [0.1, 0.15) is 25.0 Å². The first-order chi connectivity index (χ1) is 17.2. The van der Waals surface area contributed by atoms with Crippen LogP contribution in [0.2, 0.25) is 0 Å². The standard InChI is InChI=1S/C24H28N2O6S4/c1-15(27)25-21(23(29)31-3)13-17-5-9-19(10-6-17)33-35-36-34-20-11-7-18(8-12-20)14-22(24(30)32-4)26-16(2)28/h5-12,21-22H,13-14H2,1-4H3,(H,25,27)(H,26,28). The lowest BCUT2D eigenvalue weighted by molar-refractivity contribution is -0.145. The van der Waals surface area contributed by atoms with E-state index < -0.39 is 24.0 Å². The molecule has 2 N–H and O–H groups in total. The molecule has 0 fully saturated rings. The van der Waals surface area contributed by atoms with E-state index in [-0.39, 0.29) is 11.8 Å². The van der Waals surface area contributed by atoms with Gasteiger partial charge in [-0.3, -0.25) is 9.59 Å². The zero-order valence-electron chi connectivity index (χ0n) is 20.3. The molecular weight excluding hydrogens is 541 g/mol. The number of carbonyl (C=O) groups is 4. The maximum Gasteiger partial charge on any atom is 0.328 e. The molecule has 2 atom stereocenters. The minimum Gasteiger partial charge on any atom is -0.467 e.